The first kappa shape index (κ1) is 19.4. The number of benzene rings is 2. The monoisotopic (exact) mass is 422 g/mol. The molecule has 0 bridgehead atoms. The summed E-state index contributed by atoms with van der Waals surface area (Å²) in [6, 6.07) is 11.8. The van der Waals surface area contributed by atoms with Crippen molar-refractivity contribution in [1.29, 1.82) is 0 Å². The maximum atomic E-state index is 13.4. The second-order valence-electron chi connectivity index (χ2n) is 8.14. The van der Waals surface area contributed by atoms with E-state index in [1.807, 2.05) is 24.3 Å². The molecule has 0 spiro atoms. The summed E-state index contributed by atoms with van der Waals surface area (Å²) in [5.74, 6) is 0.233. The van der Waals surface area contributed by atoms with Crippen molar-refractivity contribution in [3.05, 3.63) is 59.2 Å². The molecular formula is C22H22N4O5. The zero-order valence-electron chi connectivity index (χ0n) is 17.0. The molecule has 9 heteroatoms. The zero-order chi connectivity index (χ0) is 21.8. The van der Waals surface area contributed by atoms with E-state index < -0.39 is 29.4 Å². The summed E-state index contributed by atoms with van der Waals surface area (Å²) < 4.78 is 10.7. The molecule has 0 saturated carbocycles. The lowest BCUT2D eigenvalue weighted by atomic mass is 9.91. The molecule has 1 fully saturated rings. The van der Waals surface area contributed by atoms with Gasteiger partial charge in [-0.15, -0.1) is 0 Å². The molecule has 3 aliphatic heterocycles. The molecule has 2 aromatic rings. The van der Waals surface area contributed by atoms with Gasteiger partial charge in [0.15, 0.2) is 11.5 Å². The largest absolute Gasteiger partial charge is 0.454 e. The molecule has 1 saturated heterocycles. The van der Waals surface area contributed by atoms with Crippen molar-refractivity contribution in [1.82, 2.24) is 15.1 Å². The highest BCUT2D eigenvalue weighted by atomic mass is 16.7. The van der Waals surface area contributed by atoms with Gasteiger partial charge in [-0.3, -0.25) is 14.5 Å². The van der Waals surface area contributed by atoms with Crippen LogP contribution in [0.2, 0.25) is 0 Å². The van der Waals surface area contributed by atoms with Crippen molar-refractivity contribution in [3.8, 4) is 11.5 Å². The number of urea groups is 1. The van der Waals surface area contributed by atoms with Gasteiger partial charge >= 0.3 is 6.03 Å². The van der Waals surface area contributed by atoms with Gasteiger partial charge in [0.2, 0.25) is 12.7 Å². The number of carbonyl (C=O) groups is 3. The molecule has 2 aromatic carbocycles. The second kappa shape index (κ2) is 6.98. The number of hydrogen-bond acceptors (Lipinski definition) is 6. The van der Waals surface area contributed by atoms with Crippen LogP contribution in [0.15, 0.2) is 42.5 Å². The SMILES string of the molecule is C[C@@]1(c2ccc3c(c2)OCO3)NC(=O)N(CN2Cc3ccccc3C[C@H]2C(N)=O)C1=O. The van der Waals surface area contributed by atoms with Crippen LogP contribution in [-0.4, -0.2) is 47.1 Å². The molecule has 3 aliphatic rings. The van der Waals surface area contributed by atoms with Crippen LogP contribution < -0.4 is 20.5 Å². The summed E-state index contributed by atoms with van der Waals surface area (Å²) >= 11 is 0. The quantitative estimate of drug-likeness (QED) is 0.712. The van der Waals surface area contributed by atoms with Gasteiger partial charge in [-0.25, -0.2) is 9.69 Å². The molecule has 0 unspecified atom stereocenters. The van der Waals surface area contributed by atoms with Crippen LogP contribution >= 0.6 is 0 Å². The molecule has 31 heavy (non-hydrogen) atoms. The smallest absolute Gasteiger partial charge is 0.326 e. The van der Waals surface area contributed by atoms with Crippen molar-refractivity contribution >= 4 is 17.8 Å². The minimum atomic E-state index is -1.26. The highest BCUT2D eigenvalue weighted by Gasteiger charge is 2.50. The molecule has 9 nitrogen and oxygen atoms in total. The van der Waals surface area contributed by atoms with E-state index in [1.165, 1.54) is 0 Å². The van der Waals surface area contributed by atoms with Crippen LogP contribution in [-0.2, 0) is 28.1 Å². The Morgan fingerprint density at radius 3 is 2.68 bits per heavy atom. The molecule has 3 N–H and O–H groups in total. The van der Waals surface area contributed by atoms with E-state index in [1.54, 1.807) is 30.0 Å². The van der Waals surface area contributed by atoms with Gasteiger partial charge in [-0.1, -0.05) is 30.3 Å². The number of primary amides is 1. The predicted molar refractivity (Wildman–Crippen MR) is 109 cm³/mol. The molecule has 4 amide bonds. The first-order chi connectivity index (χ1) is 14.9. The summed E-state index contributed by atoms with van der Waals surface area (Å²) in [4.78, 5) is 41.2. The van der Waals surface area contributed by atoms with E-state index in [0.29, 0.717) is 30.0 Å². The van der Waals surface area contributed by atoms with Crippen LogP contribution in [0.25, 0.3) is 0 Å². The molecular weight excluding hydrogens is 400 g/mol. The fourth-order valence-corrected chi connectivity index (χ4v) is 4.42. The Kier molecular flexibility index (Phi) is 4.37. The standard InChI is InChI=1S/C22H22N4O5/c1-22(15-6-7-17-18(9-15)31-12-30-17)20(28)26(21(29)24-22)11-25-10-14-5-3-2-4-13(14)8-16(25)19(23)27/h2-7,9,16H,8,10-12H2,1H3,(H2,23,27)(H,24,29)/t16-,22-/m0/s1. The molecule has 5 rings (SSSR count). The first-order valence-electron chi connectivity index (χ1n) is 10.0. The van der Waals surface area contributed by atoms with E-state index >= 15 is 0 Å². The van der Waals surface area contributed by atoms with Crippen LogP contribution in [0.1, 0.15) is 23.6 Å². The number of ether oxygens (including phenoxy) is 2. The van der Waals surface area contributed by atoms with Gasteiger partial charge < -0.3 is 20.5 Å². The number of amides is 4. The van der Waals surface area contributed by atoms with Crippen LogP contribution in [0.3, 0.4) is 0 Å². The highest BCUT2D eigenvalue weighted by molar-refractivity contribution is 6.07. The maximum Gasteiger partial charge on any atom is 0.326 e. The minimum absolute atomic E-state index is 0.0350. The van der Waals surface area contributed by atoms with E-state index in [-0.39, 0.29) is 13.5 Å². The summed E-state index contributed by atoms with van der Waals surface area (Å²) in [5, 5.41) is 2.79. The van der Waals surface area contributed by atoms with Crippen molar-refractivity contribution < 1.29 is 23.9 Å². The Labute approximate surface area is 178 Å². The fourth-order valence-electron chi connectivity index (χ4n) is 4.42. The topological polar surface area (TPSA) is 114 Å². The number of nitrogens with one attached hydrogen (secondary N) is 1. The van der Waals surface area contributed by atoms with E-state index in [9.17, 15) is 14.4 Å². The Hall–Kier alpha value is -3.59. The normalized spacial score (nSPS) is 24.8. The number of fused-ring (bicyclic) bond motifs is 2. The number of carbonyl (C=O) groups excluding carboxylic acids is 3. The third kappa shape index (κ3) is 3.09. The van der Waals surface area contributed by atoms with Crippen molar-refractivity contribution in [2.24, 2.45) is 5.73 Å². The Morgan fingerprint density at radius 1 is 1.16 bits per heavy atom. The molecule has 0 aliphatic carbocycles. The van der Waals surface area contributed by atoms with Gasteiger partial charge in [0, 0.05) is 6.54 Å². The first-order valence-corrected chi connectivity index (χ1v) is 10.0. The molecule has 0 aromatic heterocycles. The third-order valence-electron chi connectivity index (χ3n) is 6.22. The Morgan fingerprint density at radius 2 is 1.90 bits per heavy atom. The Balaban J connectivity index is 1.41. The van der Waals surface area contributed by atoms with Crippen molar-refractivity contribution in [2.75, 3.05) is 13.5 Å². The number of nitrogens with zero attached hydrogens (tertiary/aromatic N) is 2. The number of rotatable bonds is 4. The van der Waals surface area contributed by atoms with Crippen LogP contribution in [0.4, 0.5) is 4.79 Å². The average Bonchev–Trinajstić information content (AvgIpc) is 3.31. The summed E-state index contributed by atoms with van der Waals surface area (Å²) in [5.41, 5.74) is 7.07. The van der Waals surface area contributed by atoms with E-state index in [0.717, 1.165) is 16.0 Å². The lowest BCUT2D eigenvalue weighted by Crippen LogP contribution is -2.53. The lowest BCUT2D eigenvalue weighted by Gasteiger charge is -2.36. The molecule has 0 radical (unpaired) electrons. The van der Waals surface area contributed by atoms with Crippen LogP contribution in [0, 0.1) is 0 Å². The minimum Gasteiger partial charge on any atom is -0.454 e. The fraction of sp³-hybridized carbons (Fsp3) is 0.318. The highest BCUT2D eigenvalue weighted by Crippen LogP contribution is 2.38. The van der Waals surface area contributed by atoms with Crippen molar-refractivity contribution in [2.45, 2.75) is 31.5 Å². The zero-order valence-corrected chi connectivity index (χ0v) is 17.0. The van der Waals surface area contributed by atoms with Gasteiger partial charge in [0.25, 0.3) is 5.91 Å². The lowest BCUT2D eigenvalue weighted by molar-refractivity contribution is -0.135. The molecule has 3 heterocycles. The average molecular weight is 422 g/mol. The predicted octanol–water partition coefficient (Wildman–Crippen LogP) is 1.05. The summed E-state index contributed by atoms with van der Waals surface area (Å²) in [6.07, 6.45) is 0.439. The number of hydrogen-bond donors (Lipinski definition) is 2. The van der Waals surface area contributed by atoms with Crippen molar-refractivity contribution in [3.63, 3.8) is 0 Å². The van der Waals surface area contributed by atoms with Gasteiger partial charge in [-0.2, -0.15) is 0 Å². The van der Waals surface area contributed by atoms with Gasteiger partial charge in [-0.05, 0) is 42.2 Å². The van der Waals surface area contributed by atoms with E-state index in [2.05, 4.69) is 5.32 Å². The summed E-state index contributed by atoms with van der Waals surface area (Å²) in [7, 11) is 0. The van der Waals surface area contributed by atoms with Crippen LogP contribution in [0.5, 0.6) is 11.5 Å². The van der Waals surface area contributed by atoms with Gasteiger partial charge in [0.05, 0.1) is 12.7 Å². The van der Waals surface area contributed by atoms with E-state index in [4.69, 9.17) is 15.2 Å². The third-order valence-corrected chi connectivity index (χ3v) is 6.22. The summed E-state index contributed by atoms with van der Waals surface area (Å²) in [6.45, 7) is 2.16. The molecule has 2 atom stereocenters. The maximum absolute atomic E-state index is 13.4. The number of imide groups is 1. The molecule has 160 valence electrons. The number of nitrogens with two attached hydrogens (primary N) is 1. The second-order valence-corrected chi connectivity index (χ2v) is 8.14. The Bertz CT molecular complexity index is 1100. The van der Waals surface area contributed by atoms with Gasteiger partial charge in [0.1, 0.15) is 5.54 Å².